The molecule has 0 saturated carbocycles. The number of nitrogens with two attached hydrogens (primary N) is 1. The van der Waals surface area contributed by atoms with Gasteiger partial charge in [0.1, 0.15) is 0 Å². The summed E-state index contributed by atoms with van der Waals surface area (Å²) in [6, 6.07) is 2.52. The van der Waals surface area contributed by atoms with Crippen molar-refractivity contribution in [1.82, 2.24) is 0 Å². The number of hydrogen-bond donors (Lipinski definition) is 1. The van der Waals surface area contributed by atoms with Gasteiger partial charge in [-0.1, -0.05) is 0 Å². The maximum Gasteiger partial charge on any atom is 0.178 e. The lowest BCUT2D eigenvalue weighted by molar-refractivity contribution is 0.504. The van der Waals surface area contributed by atoms with Gasteiger partial charge in [-0.15, -0.1) is 0 Å². The van der Waals surface area contributed by atoms with E-state index in [-0.39, 0.29) is 17.2 Å². The van der Waals surface area contributed by atoms with Crippen molar-refractivity contribution in [3.05, 3.63) is 29.8 Å². The Morgan fingerprint density at radius 1 is 1.20 bits per heavy atom. The summed E-state index contributed by atoms with van der Waals surface area (Å²) in [5, 5.41) is 0. The maximum atomic E-state index is 12.8. The Morgan fingerprint density at radius 3 is 2.40 bits per heavy atom. The summed E-state index contributed by atoms with van der Waals surface area (Å²) in [7, 11) is -3.55. The largest absolute Gasteiger partial charge is 0.330 e. The molecule has 0 heterocycles. The fourth-order valence-corrected chi connectivity index (χ4v) is 2.40. The fourth-order valence-electron chi connectivity index (χ4n) is 1.06. The van der Waals surface area contributed by atoms with Gasteiger partial charge < -0.3 is 5.73 Å². The summed E-state index contributed by atoms with van der Waals surface area (Å²) in [4.78, 5) is -0.213. The summed E-state index contributed by atoms with van der Waals surface area (Å²) in [6.07, 6.45) is 0.293. The summed E-state index contributed by atoms with van der Waals surface area (Å²) < 4.78 is 48.3. The van der Waals surface area contributed by atoms with Gasteiger partial charge in [0.15, 0.2) is 21.5 Å². The molecule has 0 radical (unpaired) electrons. The van der Waals surface area contributed by atoms with Crippen LogP contribution < -0.4 is 5.73 Å². The van der Waals surface area contributed by atoms with E-state index in [1.807, 2.05) is 0 Å². The molecule has 0 unspecified atom stereocenters. The van der Waals surface area contributed by atoms with E-state index >= 15 is 0 Å². The van der Waals surface area contributed by atoms with Gasteiger partial charge in [-0.3, -0.25) is 0 Å². The molecule has 0 spiro atoms. The van der Waals surface area contributed by atoms with Gasteiger partial charge in [0.25, 0.3) is 0 Å². The molecular formula is C9H11F2NO2S. The average Bonchev–Trinajstić information content (AvgIpc) is 2.19. The van der Waals surface area contributed by atoms with Crippen molar-refractivity contribution in [2.75, 3.05) is 12.3 Å². The molecule has 0 bridgehead atoms. The van der Waals surface area contributed by atoms with Crippen LogP contribution in [0.4, 0.5) is 8.78 Å². The lowest BCUT2D eigenvalue weighted by Crippen LogP contribution is -2.11. The van der Waals surface area contributed by atoms with Crippen molar-refractivity contribution in [3.8, 4) is 0 Å². The lowest BCUT2D eigenvalue weighted by Gasteiger charge is -2.03. The van der Waals surface area contributed by atoms with Gasteiger partial charge in [0.2, 0.25) is 0 Å². The van der Waals surface area contributed by atoms with Gasteiger partial charge in [-0.05, 0) is 31.2 Å². The second-order valence-electron chi connectivity index (χ2n) is 3.04. The molecule has 1 rings (SSSR count). The predicted octanol–water partition coefficient (Wildman–Crippen LogP) is 1.09. The Labute approximate surface area is 86.8 Å². The topological polar surface area (TPSA) is 60.2 Å². The molecule has 0 aliphatic rings. The van der Waals surface area contributed by atoms with E-state index < -0.39 is 21.5 Å². The van der Waals surface area contributed by atoms with Gasteiger partial charge in [-0.2, -0.15) is 0 Å². The van der Waals surface area contributed by atoms with Crippen LogP contribution in [0.1, 0.15) is 6.42 Å². The number of hydrogen-bond acceptors (Lipinski definition) is 3. The summed E-state index contributed by atoms with van der Waals surface area (Å²) in [5.74, 6) is -2.38. The number of halogens is 2. The van der Waals surface area contributed by atoms with E-state index in [1.165, 1.54) is 0 Å². The lowest BCUT2D eigenvalue weighted by atomic mass is 10.3. The van der Waals surface area contributed by atoms with Gasteiger partial charge >= 0.3 is 0 Å². The fraction of sp³-hybridized carbons (Fsp3) is 0.333. The second kappa shape index (κ2) is 4.67. The molecular weight excluding hydrogens is 224 g/mol. The van der Waals surface area contributed by atoms with Crippen LogP contribution in [0.15, 0.2) is 23.1 Å². The number of benzene rings is 1. The summed E-state index contributed by atoms with van der Waals surface area (Å²) in [5.41, 5.74) is 5.17. The van der Waals surface area contributed by atoms with Crippen LogP contribution in [0.2, 0.25) is 0 Å². The molecule has 6 heteroatoms. The van der Waals surface area contributed by atoms with Crippen LogP contribution >= 0.6 is 0 Å². The summed E-state index contributed by atoms with van der Waals surface area (Å²) >= 11 is 0. The molecule has 0 atom stereocenters. The highest BCUT2D eigenvalue weighted by molar-refractivity contribution is 7.91. The molecule has 0 saturated heterocycles. The Hall–Kier alpha value is -1.01. The molecule has 84 valence electrons. The third-order valence-electron chi connectivity index (χ3n) is 1.87. The normalized spacial score (nSPS) is 11.7. The Kier molecular flexibility index (Phi) is 3.76. The van der Waals surface area contributed by atoms with Crippen LogP contribution in [-0.4, -0.2) is 20.7 Å². The van der Waals surface area contributed by atoms with Crippen LogP contribution in [0.5, 0.6) is 0 Å². The predicted molar refractivity (Wildman–Crippen MR) is 52.1 cm³/mol. The minimum atomic E-state index is -3.55. The summed E-state index contributed by atoms with van der Waals surface area (Å²) in [6.45, 7) is 0.239. The highest BCUT2D eigenvalue weighted by atomic mass is 32.2. The van der Waals surface area contributed by atoms with Gasteiger partial charge in [0, 0.05) is 0 Å². The van der Waals surface area contributed by atoms with Crippen LogP contribution in [-0.2, 0) is 9.84 Å². The molecule has 3 nitrogen and oxygen atoms in total. The third-order valence-corrected chi connectivity index (χ3v) is 3.67. The van der Waals surface area contributed by atoms with Crippen molar-refractivity contribution < 1.29 is 17.2 Å². The van der Waals surface area contributed by atoms with E-state index in [4.69, 9.17) is 5.73 Å². The van der Waals surface area contributed by atoms with E-state index in [0.29, 0.717) is 12.5 Å². The average molecular weight is 235 g/mol. The zero-order valence-electron chi connectivity index (χ0n) is 7.91. The molecule has 1 aromatic rings. The quantitative estimate of drug-likeness (QED) is 0.794. The first kappa shape index (κ1) is 12.1. The van der Waals surface area contributed by atoms with Gasteiger partial charge in [-0.25, -0.2) is 17.2 Å². The SMILES string of the molecule is NCCCS(=O)(=O)c1ccc(F)c(F)c1. The van der Waals surface area contributed by atoms with E-state index in [9.17, 15) is 17.2 Å². The Balaban J connectivity index is 3.00. The van der Waals surface area contributed by atoms with Crippen LogP contribution in [0.25, 0.3) is 0 Å². The molecule has 0 amide bonds. The minimum Gasteiger partial charge on any atom is -0.330 e. The van der Waals surface area contributed by atoms with Crippen molar-refractivity contribution in [2.45, 2.75) is 11.3 Å². The standard InChI is InChI=1S/C9H11F2NO2S/c10-8-3-2-7(6-9(8)11)15(13,14)5-1-4-12/h2-3,6H,1,4-5,12H2. The molecule has 0 fully saturated rings. The number of rotatable bonds is 4. The smallest absolute Gasteiger partial charge is 0.178 e. The monoisotopic (exact) mass is 235 g/mol. The van der Waals surface area contributed by atoms with Gasteiger partial charge in [0.05, 0.1) is 10.6 Å². The van der Waals surface area contributed by atoms with Crippen LogP contribution in [0, 0.1) is 11.6 Å². The van der Waals surface area contributed by atoms with Crippen molar-refractivity contribution in [3.63, 3.8) is 0 Å². The molecule has 2 N–H and O–H groups in total. The molecule has 15 heavy (non-hydrogen) atoms. The molecule has 0 aromatic heterocycles. The van der Waals surface area contributed by atoms with Crippen molar-refractivity contribution in [2.24, 2.45) is 5.73 Å². The minimum absolute atomic E-state index is 0.158. The van der Waals surface area contributed by atoms with Crippen LogP contribution in [0.3, 0.4) is 0 Å². The van der Waals surface area contributed by atoms with E-state index in [0.717, 1.165) is 12.1 Å². The van der Waals surface area contributed by atoms with Crippen molar-refractivity contribution >= 4 is 9.84 Å². The highest BCUT2D eigenvalue weighted by Crippen LogP contribution is 2.15. The highest BCUT2D eigenvalue weighted by Gasteiger charge is 2.15. The first-order valence-electron chi connectivity index (χ1n) is 4.35. The first-order valence-corrected chi connectivity index (χ1v) is 6.00. The van der Waals surface area contributed by atoms with E-state index in [2.05, 4.69) is 0 Å². The maximum absolute atomic E-state index is 12.8. The Bertz CT molecular complexity index is 445. The molecule has 0 aliphatic heterocycles. The second-order valence-corrected chi connectivity index (χ2v) is 5.15. The van der Waals surface area contributed by atoms with E-state index in [1.54, 1.807) is 0 Å². The third kappa shape index (κ3) is 2.97. The number of sulfone groups is 1. The zero-order valence-corrected chi connectivity index (χ0v) is 8.73. The molecule has 0 aliphatic carbocycles. The molecule has 1 aromatic carbocycles. The Morgan fingerprint density at radius 2 is 1.87 bits per heavy atom. The zero-order chi connectivity index (χ0) is 11.5. The first-order chi connectivity index (χ1) is 6.97. The van der Waals surface area contributed by atoms with Crippen molar-refractivity contribution in [1.29, 1.82) is 0 Å².